The molecular formula is C19H27F4NO4Si. The molecule has 0 bridgehead atoms. The van der Waals surface area contributed by atoms with Crippen LogP contribution in [0.4, 0.5) is 17.6 Å². The summed E-state index contributed by atoms with van der Waals surface area (Å²) < 4.78 is 62.6. The molecule has 0 saturated carbocycles. The van der Waals surface area contributed by atoms with E-state index < -0.39 is 49.4 Å². The zero-order valence-electron chi connectivity index (χ0n) is 17.4. The maximum absolute atomic E-state index is 13.4. The Morgan fingerprint density at radius 1 is 1.17 bits per heavy atom. The molecule has 1 atom stereocenters. The van der Waals surface area contributed by atoms with Gasteiger partial charge in [-0.3, -0.25) is 4.79 Å². The summed E-state index contributed by atoms with van der Waals surface area (Å²) >= 11 is 0. The number of benzene rings is 1. The first kappa shape index (κ1) is 25.1. The van der Waals surface area contributed by atoms with Crippen LogP contribution < -0.4 is 5.32 Å². The molecule has 1 unspecified atom stereocenters. The maximum atomic E-state index is 13.4. The number of ether oxygens (including phenoxy) is 1. The van der Waals surface area contributed by atoms with E-state index in [1.165, 1.54) is 0 Å². The van der Waals surface area contributed by atoms with Crippen molar-refractivity contribution < 1.29 is 36.3 Å². The van der Waals surface area contributed by atoms with Gasteiger partial charge in [0, 0.05) is 18.6 Å². The van der Waals surface area contributed by atoms with Crippen LogP contribution in [0, 0.1) is 5.82 Å². The predicted molar refractivity (Wildman–Crippen MR) is 102 cm³/mol. The van der Waals surface area contributed by atoms with Crippen LogP contribution in [0.2, 0.25) is 18.1 Å². The SMILES string of the molecule is COC(=O)C(CCO[Si](C)(C)C(C)(C)C)NC(=O)c1ccc(F)c(C(F)(F)F)c1. The van der Waals surface area contributed by atoms with Gasteiger partial charge in [0.2, 0.25) is 0 Å². The van der Waals surface area contributed by atoms with E-state index >= 15 is 0 Å². The second kappa shape index (κ2) is 9.25. The number of alkyl halides is 3. The fourth-order valence-corrected chi connectivity index (χ4v) is 3.23. The van der Waals surface area contributed by atoms with Crippen LogP contribution in [0.1, 0.15) is 43.1 Å². The third kappa shape index (κ3) is 6.81. The molecule has 10 heteroatoms. The van der Waals surface area contributed by atoms with E-state index in [2.05, 4.69) is 10.1 Å². The first-order valence-corrected chi connectivity index (χ1v) is 11.9. The monoisotopic (exact) mass is 437 g/mol. The third-order valence-electron chi connectivity index (χ3n) is 5.00. The molecule has 1 aromatic rings. The quantitative estimate of drug-likeness (QED) is 0.387. The number of hydrogen-bond acceptors (Lipinski definition) is 4. The molecule has 0 radical (unpaired) electrons. The zero-order chi connectivity index (χ0) is 22.6. The van der Waals surface area contributed by atoms with Gasteiger partial charge in [-0.15, -0.1) is 0 Å². The fourth-order valence-electron chi connectivity index (χ4n) is 2.16. The van der Waals surface area contributed by atoms with Gasteiger partial charge in [0.15, 0.2) is 8.32 Å². The summed E-state index contributed by atoms with van der Waals surface area (Å²) in [6.45, 7) is 10.3. The Balaban J connectivity index is 2.92. The number of halogens is 4. The minimum absolute atomic E-state index is 0.0564. The van der Waals surface area contributed by atoms with Crippen molar-refractivity contribution in [2.24, 2.45) is 0 Å². The van der Waals surface area contributed by atoms with Crippen molar-refractivity contribution in [3.63, 3.8) is 0 Å². The standard InChI is InChI=1S/C19H27F4NO4Si/c1-18(2,3)29(5,6)28-10-9-15(17(26)27-4)24-16(25)12-7-8-14(20)13(11-12)19(21,22)23/h7-8,11,15H,9-10H2,1-6H3,(H,24,25). The van der Waals surface area contributed by atoms with Gasteiger partial charge in [0.25, 0.3) is 5.91 Å². The lowest BCUT2D eigenvalue weighted by molar-refractivity contribution is -0.143. The van der Waals surface area contributed by atoms with Crippen LogP contribution in [-0.2, 0) is 20.1 Å². The molecule has 164 valence electrons. The van der Waals surface area contributed by atoms with Crippen molar-refractivity contribution in [3.8, 4) is 0 Å². The number of amides is 1. The van der Waals surface area contributed by atoms with Crippen molar-refractivity contribution >= 4 is 20.2 Å². The smallest absolute Gasteiger partial charge is 0.419 e. The van der Waals surface area contributed by atoms with Crippen LogP contribution in [0.15, 0.2) is 18.2 Å². The van der Waals surface area contributed by atoms with Crippen molar-refractivity contribution in [3.05, 3.63) is 35.1 Å². The summed E-state index contributed by atoms with van der Waals surface area (Å²) in [5, 5.41) is 2.28. The molecule has 1 rings (SSSR count). The van der Waals surface area contributed by atoms with Crippen molar-refractivity contribution in [1.29, 1.82) is 0 Å². The normalized spacial score (nSPS) is 13.7. The van der Waals surface area contributed by atoms with Crippen LogP contribution in [0.5, 0.6) is 0 Å². The number of methoxy groups -OCH3 is 1. The second-order valence-corrected chi connectivity index (χ2v) is 12.9. The van der Waals surface area contributed by atoms with Crippen molar-refractivity contribution in [1.82, 2.24) is 5.32 Å². The zero-order valence-corrected chi connectivity index (χ0v) is 18.4. The Bertz CT molecular complexity index is 745. The average molecular weight is 438 g/mol. The van der Waals surface area contributed by atoms with E-state index in [0.29, 0.717) is 12.1 Å². The van der Waals surface area contributed by atoms with E-state index in [-0.39, 0.29) is 18.1 Å². The van der Waals surface area contributed by atoms with Gasteiger partial charge < -0.3 is 14.5 Å². The van der Waals surface area contributed by atoms with Crippen LogP contribution >= 0.6 is 0 Å². The molecule has 0 aliphatic heterocycles. The lowest BCUT2D eigenvalue weighted by Crippen LogP contribution is -2.45. The molecule has 1 amide bonds. The molecule has 29 heavy (non-hydrogen) atoms. The molecule has 1 N–H and O–H groups in total. The maximum Gasteiger partial charge on any atom is 0.419 e. The number of rotatable bonds is 7. The van der Waals surface area contributed by atoms with Crippen molar-refractivity contribution in [2.45, 2.75) is 57.5 Å². The van der Waals surface area contributed by atoms with Gasteiger partial charge >= 0.3 is 12.1 Å². The Morgan fingerprint density at radius 3 is 2.24 bits per heavy atom. The molecule has 1 aromatic carbocycles. The lowest BCUT2D eigenvalue weighted by Gasteiger charge is -2.36. The predicted octanol–water partition coefficient (Wildman–Crippen LogP) is 4.53. The Hall–Kier alpha value is -1.94. The molecule has 0 aromatic heterocycles. The molecule has 5 nitrogen and oxygen atoms in total. The molecular weight excluding hydrogens is 410 g/mol. The van der Waals surface area contributed by atoms with Crippen LogP contribution in [-0.4, -0.2) is 40.0 Å². The third-order valence-corrected chi connectivity index (χ3v) is 9.54. The highest BCUT2D eigenvalue weighted by Crippen LogP contribution is 2.36. The number of carbonyl (C=O) groups is 2. The topological polar surface area (TPSA) is 64.6 Å². The molecule has 0 fully saturated rings. The minimum Gasteiger partial charge on any atom is -0.467 e. The van der Waals surface area contributed by atoms with E-state index in [9.17, 15) is 27.2 Å². The first-order valence-electron chi connectivity index (χ1n) is 8.99. The van der Waals surface area contributed by atoms with E-state index in [1.807, 2.05) is 33.9 Å². The summed E-state index contributed by atoms with van der Waals surface area (Å²) in [6.07, 6.45) is -4.86. The van der Waals surface area contributed by atoms with E-state index in [4.69, 9.17) is 4.43 Å². The summed E-state index contributed by atoms with van der Waals surface area (Å²) in [6, 6.07) is 0.772. The number of esters is 1. The van der Waals surface area contributed by atoms with Gasteiger partial charge in [-0.1, -0.05) is 20.8 Å². The largest absolute Gasteiger partial charge is 0.467 e. The molecule has 0 aliphatic carbocycles. The highest BCUT2D eigenvalue weighted by Gasteiger charge is 2.38. The average Bonchev–Trinajstić information content (AvgIpc) is 2.58. The Labute approximate surface area is 168 Å². The van der Waals surface area contributed by atoms with Gasteiger partial charge in [-0.2, -0.15) is 13.2 Å². The highest BCUT2D eigenvalue weighted by atomic mass is 28.4. The van der Waals surface area contributed by atoms with Crippen LogP contribution in [0.3, 0.4) is 0 Å². The molecule has 0 spiro atoms. The minimum atomic E-state index is -4.95. The van der Waals surface area contributed by atoms with Gasteiger partial charge in [-0.25, -0.2) is 9.18 Å². The molecule has 0 heterocycles. The summed E-state index contributed by atoms with van der Waals surface area (Å²) in [4.78, 5) is 24.3. The number of carbonyl (C=O) groups excluding carboxylic acids is 2. The summed E-state index contributed by atoms with van der Waals surface area (Å²) in [7, 11) is -0.952. The summed E-state index contributed by atoms with van der Waals surface area (Å²) in [5.74, 6) is -3.19. The summed E-state index contributed by atoms with van der Waals surface area (Å²) in [5.41, 5.74) is -1.97. The number of hydrogen-bond donors (Lipinski definition) is 1. The lowest BCUT2D eigenvalue weighted by atomic mass is 10.1. The van der Waals surface area contributed by atoms with E-state index in [1.54, 1.807) is 0 Å². The first-order chi connectivity index (χ1) is 13.1. The molecule has 0 aliphatic rings. The Morgan fingerprint density at radius 2 is 1.76 bits per heavy atom. The Kier molecular flexibility index (Phi) is 8.00. The number of nitrogens with one attached hydrogen (secondary N) is 1. The second-order valence-electron chi connectivity index (χ2n) is 8.14. The molecule has 0 saturated heterocycles. The van der Waals surface area contributed by atoms with Gasteiger partial charge in [-0.05, 0) is 36.3 Å². The fraction of sp³-hybridized carbons (Fsp3) is 0.579. The van der Waals surface area contributed by atoms with Gasteiger partial charge in [0.1, 0.15) is 11.9 Å². The van der Waals surface area contributed by atoms with E-state index in [0.717, 1.165) is 13.2 Å². The van der Waals surface area contributed by atoms with Gasteiger partial charge in [0.05, 0.1) is 12.7 Å². The highest BCUT2D eigenvalue weighted by molar-refractivity contribution is 6.74. The van der Waals surface area contributed by atoms with Crippen LogP contribution in [0.25, 0.3) is 0 Å². The van der Waals surface area contributed by atoms with Crippen molar-refractivity contribution in [2.75, 3.05) is 13.7 Å².